The van der Waals surface area contributed by atoms with Gasteiger partial charge in [0.05, 0.1) is 11.1 Å². The molecule has 0 spiro atoms. The molecule has 1 aliphatic rings. The second-order valence-electron chi connectivity index (χ2n) is 6.02. The van der Waals surface area contributed by atoms with E-state index in [0.717, 1.165) is 10.4 Å². The standard InChI is InChI=1S/C16H18ClFN4O3S3/c1-26-7-5-22-14(15(23)20-10-2-3-12(18)11(17)8-10)9-13(21-28(22,24)25)16-19-4-6-27-16/h2-4,6,8,13-14,21H,5,7,9H2,1H3,(H,20,23)/t13-,14+/m0/s1. The van der Waals surface area contributed by atoms with Gasteiger partial charge in [0.15, 0.2) is 0 Å². The molecule has 1 aromatic carbocycles. The third-order valence-electron chi connectivity index (χ3n) is 4.16. The van der Waals surface area contributed by atoms with Crippen LogP contribution in [0.3, 0.4) is 0 Å². The first-order chi connectivity index (χ1) is 13.3. The van der Waals surface area contributed by atoms with Crippen LogP contribution in [0.4, 0.5) is 10.1 Å². The molecule has 2 atom stereocenters. The Bertz CT molecular complexity index is 943. The molecule has 1 amide bonds. The first-order valence-electron chi connectivity index (χ1n) is 8.25. The number of aromatic nitrogens is 1. The van der Waals surface area contributed by atoms with Gasteiger partial charge >= 0.3 is 0 Å². The summed E-state index contributed by atoms with van der Waals surface area (Å²) in [5.41, 5.74) is 0.294. The lowest BCUT2D eigenvalue weighted by molar-refractivity contribution is -0.120. The number of anilines is 1. The molecule has 0 unspecified atom stereocenters. The van der Waals surface area contributed by atoms with Crippen LogP contribution in [0.15, 0.2) is 29.8 Å². The maximum absolute atomic E-state index is 13.4. The number of nitrogens with one attached hydrogen (secondary N) is 2. The number of thiazole rings is 1. The van der Waals surface area contributed by atoms with Crippen LogP contribution in [0.5, 0.6) is 0 Å². The summed E-state index contributed by atoms with van der Waals surface area (Å²) in [4.78, 5) is 17.1. The zero-order valence-corrected chi connectivity index (χ0v) is 18.0. The lowest BCUT2D eigenvalue weighted by atomic mass is 10.1. The van der Waals surface area contributed by atoms with Gasteiger partial charge in [-0.2, -0.15) is 29.2 Å². The summed E-state index contributed by atoms with van der Waals surface area (Å²) in [6.07, 6.45) is 3.67. The fraction of sp³-hybridized carbons (Fsp3) is 0.375. The van der Waals surface area contributed by atoms with Crippen LogP contribution in [0.1, 0.15) is 17.5 Å². The Hall–Kier alpha value is -1.24. The minimum Gasteiger partial charge on any atom is -0.325 e. The lowest BCUT2D eigenvalue weighted by Crippen LogP contribution is -2.58. The number of carbonyl (C=O) groups excluding carboxylic acids is 1. The van der Waals surface area contributed by atoms with E-state index in [1.165, 1.54) is 35.2 Å². The van der Waals surface area contributed by atoms with Gasteiger partial charge in [-0.15, -0.1) is 11.3 Å². The van der Waals surface area contributed by atoms with Crippen molar-refractivity contribution in [1.29, 1.82) is 0 Å². The van der Waals surface area contributed by atoms with Crippen molar-refractivity contribution in [2.45, 2.75) is 18.5 Å². The minimum absolute atomic E-state index is 0.129. The van der Waals surface area contributed by atoms with Crippen molar-refractivity contribution in [2.24, 2.45) is 0 Å². The number of amides is 1. The van der Waals surface area contributed by atoms with E-state index in [0.29, 0.717) is 16.4 Å². The van der Waals surface area contributed by atoms with Crippen LogP contribution in [0.2, 0.25) is 5.02 Å². The zero-order valence-electron chi connectivity index (χ0n) is 14.8. The molecule has 0 saturated carbocycles. The average molecular weight is 465 g/mol. The summed E-state index contributed by atoms with van der Waals surface area (Å²) in [6, 6.07) is 2.27. The maximum atomic E-state index is 13.4. The second-order valence-corrected chi connectivity index (χ2v) is 9.99. The number of thioether (sulfide) groups is 1. The third-order valence-corrected chi connectivity index (χ3v) is 7.57. The van der Waals surface area contributed by atoms with Gasteiger partial charge in [-0.25, -0.2) is 9.37 Å². The summed E-state index contributed by atoms with van der Waals surface area (Å²) < 4.78 is 42.7. The summed E-state index contributed by atoms with van der Waals surface area (Å²) in [6.45, 7) is 0.184. The summed E-state index contributed by atoms with van der Waals surface area (Å²) in [5, 5.41) is 4.86. The van der Waals surface area contributed by atoms with Crippen molar-refractivity contribution in [3.63, 3.8) is 0 Å². The van der Waals surface area contributed by atoms with Crippen LogP contribution < -0.4 is 10.0 Å². The lowest BCUT2D eigenvalue weighted by Gasteiger charge is -2.37. The van der Waals surface area contributed by atoms with E-state index in [1.807, 2.05) is 6.26 Å². The first-order valence-corrected chi connectivity index (χ1v) is 12.3. The second kappa shape index (κ2) is 9.06. The van der Waals surface area contributed by atoms with Gasteiger partial charge in [0, 0.05) is 29.6 Å². The zero-order chi connectivity index (χ0) is 20.3. The van der Waals surface area contributed by atoms with Gasteiger partial charge in [-0.05, 0) is 30.9 Å². The maximum Gasteiger partial charge on any atom is 0.280 e. The molecule has 0 aliphatic carbocycles. The summed E-state index contributed by atoms with van der Waals surface area (Å²) in [7, 11) is -3.88. The van der Waals surface area contributed by atoms with E-state index in [9.17, 15) is 17.6 Å². The topological polar surface area (TPSA) is 91.4 Å². The van der Waals surface area contributed by atoms with E-state index in [-0.39, 0.29) is 18.0 Å². The van der Waals surface area contributed by atoms with Crippen molar-refractivity contribution < 1.29 is 17.6 Å². The highest BCUT2D eigenvalue weighted by atomic mass is 35.5. The largest absolute Gasteiger partial charge is 0.325 e. The van der Waals surface area contributed by atoms with Crippen LogP contribution >= 0.6 is 34.7 Å². The molecule has 7 nitrogen and oxygen atoms in total. The number of nitrogens with zero attached hydrogens (tertiary/aromatic N) is 2. The van der Waals surface area contributed by atoms with Gasteiger partial charge in [-0.3, -0.25) is 4.79 Å². The van der Waals surface area contributed by atoms with Gasteiger partial charge < -0.3 is 5.32 Å². The van der Waals surface area contributed by atoms with Crippen LogP contribution in [-0.2, 0) is 15.0 Å². The van der Waals surface area contributed by atoms with Crippen molar-refractivity contribution in [1.82, 2.24) is 14.0 Å². The fourth-order valence-electron chi connectivity index (χ4n) is 2.86. The Morgan fingerprint density at radius 1 is 1.54 bits per heavy atom. The van der Waals surface area contributed by atoms with Crippen LogP contribution in [0.25, 0.3) is 0 Å². The molecule has 3 rings (SSSR count). The molecule has 1 fully saturated rings. The third kappa shape index (κ3) is 4.84. The molecule has 1 aromatic heterocycles. The van der Waals surface area contributed by atoms with E-state index in [1.54, 1.807) is 11.6 Å². The van der Waals surface area contributed by atoms with Gasteiger partial charge in [0.1, 0.15) is 16.9 Å². The van der Waals surface area contributed by atoms with Crippen molar-refractivity contribution >= 4 is 56.5 Å². The molecule has 12 heteroatoms. The van der Waals surface area contributed by atoms with Gasteiger partial charge in [0.25, 0.3) is 10.2 Å². The van der Waals surface area contributed by atoms with Crippen LogP contribution in [0, 0.1) is 5.82 Å². The monoisotopic (exact) mass is 464 g/mol. The molecule has 152 valence electrons. The number of carbonyl (C=O) groups is 1. The SMILES string of the molecule is CSCCN1[C@@H](C(=O)Nc2ccc(F)c(Cl)c2)C[C@@H](c2nccs2)NS1(=O)=O. The first kappa shape index (κ1) is 21.5. The number of halogens is 2. The predicted octanol–water partition coefficient (Wildman–Crippen LogP) is 2.89. The minimum atomic E-state index is -3.88. The predicted molar refractivity (Wildman–Crippen MR) is 110 cm³/mol. The normalized spacial score (nSPS) is 22.1. The highest BCUT2D eigenvalue weighted by Crippen LogP contribution is 2.31. The number of rotatable bonds is 6. The Morgan fingerprint density at radius 3 is 2.96 bits per heavy atom. The Kier molecular flexibility index (Phi) is 6.94. The molecule has 0 bridgehead atoms. The smallest absolute Gasteiger partial charge is 0.280 e. The Balaban J connectivity index is 1.87. The van der Waals surface area contributed by atoms with Crippen LogP contribution in [-0.4, -0.2) is 48.2 Å². The van der Waals surface area contributed by atoms with E-state index >= 15 is 0 Å². The molecule has 28 heavy (non-hydrogen) atoms. The van der Waals surface area contributed by atoms with Gasteiger partial charge in [0.2, 0.25) is 5.91 Å². The number of hydrogen-bond donors (Lipinski definition) is 2. The number of benzene rings is 1. The highest BCUT2D eigenvalue weighted by molar-refractivity contribution is 7.98. The summed E-state index contributed by atoms with van der Waals surface area (Å²) in [5.74, 6) is -0.570. The molecule has 2 aromatic rings. The quantitative estimate of drug-likeness (QED) is 0.685. The Morgan fingerprint density at radius 2 is 2.32 bits per heavy atom. The molecular weight excluding hydrogens is 447 g/mol. The number of hydrogen-bond acceptors (Lipinski definition) is 6. The van der Waals surface area contributed by atoms with Gasteiger partial charge in [-0.1, -0.05) is 11.6 Å². The Labute approximate surface area is 175 Å². The molecule has 2 N–H and O–H groups in total. The van der Waals surface area contributed by atoms with E-state index in [4.69, 9.17) is 11.6 Å². The van der Waals surface area contributed by atoms with Crippen molar-refractivity contribution in [3.05, 3.63) is 45.6 Å². The average Bonchev–Trinajstić information content (AvgIpc) is 3.17. The molecular formula is C16H18ClFN4O3S3. The molecule has 2 heterocycles. The van der Waals surface area contributed by atoms with Crippen molar-refractivity contribution in [3.8, 4) is 0 Å². The molecule has 1 saturated heterocycles. The van der Waals surface area contributed by atoms with E-state index in [2.05, 4.69) is 15.0 Å². The van der Waals surface area contributed by atoms with E-state index < -0.39 is 34.0 Å². The fourth-order valence-corrected chi connectivity index (χ4v) is 5.86. The molecule has 0 radical (unpaired) electrons. The molecule has 1 aliphatic heterocycles. The van der Waals surface area contributed by atoms with Crippen molar-refractivity contribution in [2.75, 3.05) is 23.9 Å². The highest BCUT2D eigenvalue weighted by Gasteiger charge is 2.43. The summed E-state index contributed by atoms with van der Waals surface area (Å²) >= 11 is 8.56.